The number of halogens is 2. The first-order valence-corrected chi connectivity index (χ1v) is 14.7. The van der Waals surface area contributed by atoms with E-state index >= 15 is 4.39 Å². The lowest BCUT2D eigenvalue weighted by Gasteiger charge is -2.41. The van der Waals surface area contributed by atoms with E-state index in [1.807, 2.05) is 19.9 Å². The minimum absolute atomic E-state index is 0.00148. The molecule has 1 aromatic carbocycles. The smallest absolute Gasteiger partial charge is 0.307 e. The fourth-order valence-corrected chi connectivity index (χ4v) is 6.22. The normalized spacial score (nSPS) is 22.7. The molecule has 1 aliphatic carbocycles. The Bertz CT molecular complexity index is 1540. The molecule has 4 rings (SSSR count). The van der Waals surface area contributed by atoms with Gasteiger partial charge in [0, 0.05) is 28.1 Å². The second kappa shape index (κ2) is 12.2. The number of nitriles is 1. The first kappa shape index (κ1) is 31.2. The number of ether oxygens (including phenoxy) is 1. The molecule has 11 heteroatoms. The zero-order valence-electron chi connectivity index (χ0n) is 24.5. The van der Waals surface area contributed by atoms with E-state index in [-0.39, 0.29) is 46.9 Å². The van der Waals surface area contributed by atoms with Crippen LogP contribution >= 0.6 is 15.9 Å². The number of aromatic amines is 1. The van der Waals surface area contributed by atoms with Gasteiger partial charge in [0.15, 0.2) is 17.3 Å². The molecule has 0 bridgehead atoms. The lowest BCUT2D eigenvalue weighted by Crippen LogP contribution is -2.56. The van der Waals surface area contributed by atoms with E-state index in [0.717, 1.165) is 17.0 Å². The van der Waals surface area contributed by atoms with Gasteiger partial charge in [0.2, 0.25) is 5.91 Å². The predicted octanol–water partition coefficient (Wildman–Crippen LogP) is 5.45. The summed E-state index contributed by atoms with van der Waals surface area (Å²) in [5, 5.41) is 18.7. The molecule has 2 aromatic rings. The molecule has 42 heavy (non-hydrogen) atoms. The predicted molar refractivity (Wildman–Crippen MR) is 160 cm³/mol. The third kappa shape index (κ3) is 6.33. The molecule has 1 saturated heterocycles. The Balaban J connectivity index is 1.56. The van der Waals surface area contributed by atoms with Crippen molar-refractivity contribution in [3.63, 3.8) is 0 Å². The maximum absolute atomic E-state index is 15.1. The van der Waals surface area contributed by atoms with E-state index < -0.39 is 28.7 Å². The monoisotopic (exact) mass is 639 g/mol. The molecule has 1 fully saturated rings. The largest absolute Gasteiger partial charge is 0.448 e. The highest BCUT2D eigenvalue weighted by Crippen LogP contribution is 2.43. The molecule has 2 amide bonds. The number of rotatable bonds is 7. The Morgan fingerprint density at radius 2 is 2.00 bits per heavy atom. The number of allylic oxidation sites excluding steroid dienone is 3. The maximum atomic E-state index is 15.1. The molecule has 5 atom stereocenters. The van der Waals surface area contributed by atoms with Gasteiger partial charge in [-0.15, -0.1) is 0 Å². The minimum Gasteiger partial charge on any atom is -0.448 e. The molecule has 0 saturated carbocycles. The summed E-state index contributed by atoms with van der Waals surface area (Å²) in [7, 11) is 0. The molecule has 1 aromatic heterocycles. The Morgan fingerprint density at radius 1 is 1.29 bits per heavy atom. The Hall–Kier alpha value is -3.78. The lowest BCUT2D eigenvalue weighted by atomic mass is 9.82. The SMILES string of the molecule is Cc1cc(Oc2c(C)cc(C(=O)N[C@H](C)C(=O)N3[C@H](C4C=C(Br)C=CC4C)CC[C@@H]3C(C)(C)C#N)cc2F)c(=O)[nH]n1. The number of nitrogens with one attached hydrogen (secondary N) is 2. The van der Waals surface area contributed by atoms with Gasteiger partial charge >= 0.3 is 5.56 Å². The molecule has 2 heterocycles. The van der Waals surface area contributed by atoms with E-state index in [9.17, 15) is 19.6 Å². The van der Waals surface area contributed by atoms with Gasteiger partial charge in [-0.2, -0.15) is 10.4 Å². The summed E-state index contributed by atoms with van der Waals surface area (Å²) < 4.78 is 21.6. The van der Waals surface area contributed by atoms with Crippen molar-refractivity contribution < 1.29 is 18.7 Å². The van der Waals surface area contributed by atoms with Crippen molar-refractivity contribution in [2.45, 2.75) is 72.5 Å². The highest BCUT2D eigenvalue weighted by atomic mass is 79.9. The van der Waals surface area contributed by atoms with Crippen LogP contribution in [-0.4, -0.2) is 45.0 Å². The van der Waals surface area contributed by atoms with E-state index in [1.54, 1.807) is 25.7 Å². The minimum atomic E-state index is -0.936. The number of aromatic nitrogens is 2. The summed E-state index contributed by atoms with van der Waals surface area (Å²) in [6.07, 6.45) is 7.60. The topological polar surface area (TPSA) is 128 Å². The van der Waals surface area contributed by atoms with Gasteiger partial charge in [0.05, 0.1) is 23.2 Å². The van der Waals surface area contributed by atoms with E-state index in [1.165, 1.54) is 12.1 Å². The third-order valence-electron chi connectivity index (χ3n) is 8.09. The van der Waals surface area contributed by atoms with Gasteiger partial charge in [0.25, 0.3) is 5.91 Å². The maximum Gasteiger partial charge on any atom is 0.307 e. The Labute approximate surface area is 253 Å². The number of benzene rings is 1. The number of amides is 2. The van der Waals surface area contributed by atoms with E-state index in [0.29, 0.717) is 17.7 Å². The zero-order valence-corrected chi connectivity index (χ0v) is 26.1. The first-order valence-electron chi connectivity index (χ1n) is 13.9. The number of H-pyrrole nitrogens is 1. The van der Waals surface area contributed by atoms with Crippen molar-refractivity contribution in [3.8, 4) is 17.6 Å². The second-order valence-electron chi connectivity index (χ2n) is 11.7. The number of likely N-dealkylation sites (tertiary alicyclic amines) is 1. The van der Waals surface area contributed by atoms with E-state index in [2.05, 4.69) is 56.6 Å². The van der Waals surface area contributed by atoms with Crippen LogP contribution in [0.2, 0.25) is 0 Å². The van der Waals surface area contributed by atoms with Crippen LogP contribution in [0.25, 0.3) is 0 Å². The number of hydrogen-bond acceptors (Lipinski definition) is 6. The number of carbonyl (C=O) groups is 2. The highest BCUT2D eigenvalue weighted by Gasteiger charge is 2.48. The molecule has 2 aliphatic rings. The second-order valence-corrected chi connectivity index (χ2v) is 12.6. The molecule has 0 radical (unpaired) electrons. The average Bonchev–Trinajstić information content (AvgIpc) is 3.39. The van der Waals surface area contributed by atoms with Crippen molar-refractivity contribution in [1.82, 2.24) is 20.4 Å². The van der Waals surface area contributed by atoms with E-state index in [4.69, 9.17) is 4.74 Å². The molecular formula is C31H35BrFN5O4. The molecular weight excluding hydrogens is 605 g/mol. The standard InChI is InChI=1S/C31H35BrFN5O4/c1-16-7-8-21(32)14-22(16)24-9-10-26(31(5,6)15-34)38(24)30(41)19(4)35-28(39)20-11-17(2)27(23(33)13-20)42-25-12-18(3)36-37-29(25)40/h7-8,11-14,16,19,22,24,26H,9-10H2,1-6H3,(H,35,39)(H,37,40)/t16?,19-,22?,24+,26-/m1/s1. The van der Waals surface area contributed by atoms with Crippen molar-refractivity contribution >= 4 is 27.7 Å². The zero-order chi connectivity index (χ0) is 30.9. The Kier molecular flexibility index (Phi) is 9.06. The first-order chi connectivity index (χ1) is 19.7. The van der Waals surface area contributed by atoms with Crippen LogP contribution in [-0.2, 0) is 4.79 Å². The van der Waals surface area contributed by atoms with Crippen LogP contribution in [0.15, 0.2) is 45.7 Å². The van der Waals surface area contributed by atoms with Gasteiger partial charge in [-0.3, -0.25) is 14.4 Å². The molecule has 2 N–H and O–H groups in total. The van der Waals surface area contributed by atoms with Crippen LogP contribution < -0.4 is 15.6 Å². The summed E-state index contributed by atoms with van der Waals surface area (Å²) in [5.41, 5.74) is -0.639. The van der Waals surface area contributed by atoms with Crippen molar-refractivity contribution in [2.24, 2.45) is 17.3 Å². The molecule has 9 nitrogen and oxygen atoms in total. The van der Waals surface area contributed by atoms with Crippen LogP contribution in [0.1, 0.15) is 62.2 Å². The van der Waals surface area contributed by atoms with Crippen LogP contribution in [0.3, 0.4) is 0 Å². The number of aryl methyl sites for hydroxylation is 2. The van der Waals surface area contributed by atoms with Gasteiger partial charge < -0.3 is 15.0 Å². The molecule has 222 valence electrons. The number of nitrogens with zero attached hydrogens (tertiary/aromatic N) is 3. The summed E-state index contributed by atoms with van der Waals surface area (Å²) in [5.74, 6) is -1.86. The van der Waals surface area contributed by atoms with Gasteiger partial charge in [0.1, 0.15) is 6.04 Å². The van der Waals surface area contributed by atoms with Crippen molar-refractivity contribution in [3.05, 3.63) is 73.9 Å². The molecule has 2 unspecified atom stereocenters. The van der Waals surface area contributed by atoms with Crippen LogP contribution in [0, 0.1) is 48.2 Å². The fraction of sp³-hybridized carbons (Fsp3) is 0.452. The number of carbonyl (C=O) groups excluding carboxylic acids is 2. The van der Waals surface area contributed by atoms with Gasteiger partial charge in [-0.1, -0.05) is 41.1 Å². The van der Waals surface area contributed by atoms with Crippen LogP contribution in [0.5, 0.6) is 11.5 Å². The average molecular weight is 641 g/mol. The summed E-state index contributed by atoms with van der Waals surface area (Å²) in [6.45, 7) is 10.6. The summed E-state index contributed by atoms with van der Waals surface area (Å²) >= 11 is 3.56. The number of hydrogen-bond donors (Lipinski definition) is 2. The quantitative estimate of drug-likeness (QED) is 0.415. The Morgan fingerprint density at radius 3 is 2.67 bits per heavy atom. The summed E-state index contributed by atoms with van der Waals surface area (Å²) in [4.78, 5) is 41.1. The van der Waals surface area contributed by atoms with Gasteiger partial charge in [-0.05, 0) is 71.1 Å². The molecule has 1 aliphatic heterocycles. The van der Waals surface area contributed by atoms with Crippen molar-refractivity contribution in [2.75, 3.05) is 0 Å². The van der Waals surface area contributed by atoms with Crippen molar-refractivity contribution in [1.29, 1.82) is 5.26 Å². The molecule has 0 spiro atoms. The summed E-state index contributed by atoms with van der Waals surface area (Å²) in [6, 6.07) is 4.77. The van der Waals surface area contributed by atoms with Crippen LogP contribution in [0.4, 0.5) is 4.39 Å². The lowest BCUT2D eigenvalue weighted by molar-refractivity contribution is -0.138. The third-order valence-corrected chi connectivity index (χ3v) is 8.61. The highest BCUT2D eigenvalue weighted by molar-refractivity contribution is 9.11. The van der Waals surface area contributed by atoms with Gasteiger partial charge in [-0.25, -0.2) is 9.49 Å². The fourth-order valence-electron chi connectivity index (χ4n) is 5.76.